The summed E-state index contributed by atoms with van der Waals surface area (Å²) in [5.41, 5.74) is 4.16. The van der Waals surface area contributed by atoms with Crippen molar-refractivity contribution < 1.29 is 18.0 Å². The highest BCUT2D eigenvalue weighted by atomic mass is 19.4. The van der Waals surface area contributed by atoms with Crippen molar-refractivity contribution >= 4 is 28.3 Å². The van der Waals surface area contributed by atoms with Gasteiger partial charge in [0.1, 0.15) is 5.65 Å². The molecule has 2 aromatic heterocycles. The molecule has 212 valence electrons. The summed E-state index contributed by atoms with van der Waals surface area (Å²) in [6, 6.07) is 15.6. The number of fused-ring (bicyclic) bond motifs is 1. The monoisotopic (exact) mass is 552 g/mol. The highest BCUT2D eigenvalue weighted by Crippen LogP contribution is 2.34. The quantitative estimate of drug-likeness (QED) is 0.225. The van der Waals surface area contributed by atoms with Crippen molar-refractivity contribution in [3.63, 3.8) is 0 Å². The van der Waals surface area contributed by atoms with Crippen LogP contribution in [-0.4, -0.2) is 53.5 Å². The summed E-state index contributed by atoms with van der Waals surface area (Å²) in [7, 11) is 0. The van der Waals surface area contributed by atoms with Gasteiger partial charge >= 0.3 is 6.18 Å². The number of H-pyrrole nitrogens is 1. The Morgan fingerprint density at radius 2 is 1.68 bits per heavy atom. The molecule has 4 aromatic rings. The van der Waals surface area contributed by atoms with Crippen molar-refractivity contribution in [2.24, 2.45) is 0 Å². The van der Waals surface area contributed by atoms with Gasteiger partial charge < -0.3 is 20.9 Å². The van der Waals surface area contributed by atoms with E-state index in [1.807, 2.05) is 56.0 Å². The Bertz CT molecular complexity index is 1430. The lowest BCUT2D eigenvalue weighted by Crippen LogP contribution is -2.43. The number of aryl methyl sites for hydroxylation is 1. The SMILES string of the molecule is CC.Cc1cc2cc(-c3ccc(NCC(=O)Nc4ccc(CN5CCNCC5)c(C(F)(F)F)c4)cc3)cnc2[nH]1. The van der Waals surface area contributed by atoms with Crippen molar-refractivity contribution in [2.45, 2.75) is 33.5 Å². The van der Waals surface area contributed by atoms with E-state index >= 15 is 0 Å². The van der Waals surface area contributed by atoms with Gasteiger partial charge in [0.05, 0.1) is 12.1 Å². The predicted molar refractivity (Wildman–Crippen MR) is 154 cm³/mol. The van der Waals surface area contributed by atoms with Crippen LogP contribution in [0.1, 0.15) is 30.7 Å². The van der Waals surface area contributed by atoms with Crippen molar-refractivity contribution in [1.82, 2.24) is 20.2 Å². The molecule has 1 fully saturated rings. The van der Waals surface area contributed by atoms with Gasteiger partial charge in [-0.3, -0.25) is 9.69 Å². The zero-order chi connectivity index (χ0) is 28.7. The lowest BCUT2D eigenvalue weighted by atomic mass is 10.0. The van der Waals surface area contributed by atoms with E-state index in [9.17, 15) is 18.0 Å². The number of aromatic nitrogens is 2. The third-order valence-electron chi connectivity index (χ3n) is 6.58. The molecule has 0 saturated carbocycles. The Hall–Kier alpha value is -3.89. The van der Waals surface area contributed by atoms with Crippen LogP contribution in [0.2, 0.25) is 0 Å². The fraction of sp³-hybridized carbons (Fsp3) is 0.333. The van der Waals surface area contributed by atoms with Crippen molar-refractivity contribution in [2.75, 3.05) is 43.4 Å². The third-order valence-corrected chi connectivity index (χ3v) is 6.58. The van der Waals surface area contributed by atoms with E-state index in [0.717, 1.165) is 52.7 Å². The van der Waals surface area contributed by atoms with E-state index in [2.05, 4.69) is 32.0 Å². The van der Waals surface area contributed by atoms with Crippen LogP contribution in [0.4, 0.5) is 24.5 Å². The van der Waals surface area contributed by atoms with Gasteiger partial charge in [0.25, 0.3) is 0 Å². The molecule has 4 N–H and O–H groups in total. The molecule has 0 bridgehead atoms. The topological polar surface area (TPSA) is 85.1 Å². The summed E-state index contributed by atoms with van der Waals surface area (Å²) in [4.78, 5) is 22.1. The number of nitrogens with zero attached hydrogens (tertiary/aromatic N) is 2. The Balaban J connectivity index is 0.00000181. The second-order valence-electron chi connectivity index (χ2n) is 9.49. The van der Waals surface area contributed by atoms with E-state index in [-0.39, 0.29) is 24.3 Å². The van der Waals surface area contributed by atoms with Crippen molar-refractivity contribution in [3.8, 4) is 11.1 Å². The highest BCUT2D eigenvalue weighted by Gasteiger charge is 2.34. The van der Waals surface area contributed by atoms with E-state index in [1.54, 1.807) is 6.20 Å². The second-order valence-corrected chi connectivity index (χ2v) is 9.49. The number of halogens is 3. The van der Waals surface area contributed by atoms with Crippen LogP contribution in [-0.2, 0) is 17.5 Å². The van der Waals surface area contributed by atoms with Gasteiger partial charge in [0.2, 0.25) is 5.91 Å². The summed E-state index contributed by atoms with van der Waals surface area (Å²) in [5, 5.41) is 9.82. The molecule has 40 heavy (non-hydrogen) atoms. The van der Waals surface area contributed by atoms with Crippen molar-refractivity contribution in [1.29, 1.82) is 0 Å². The average molecular weight is 553 g/mol. The number of piperazine rings is 1. The molecule has 7 nitrogen and oxygen atoms in total. The molecule has 3 heterocycles. The van der Waals surface area contributed by atoms with Crippen LogP contribution in [0.5, 0.6) is 0 Å². The molecular formula is C30H35F3N6O. The number of anilines is 2. The van der Waals surface area contributed by atoms with Crippen molar-refractivity contribution in [3.05, 3.63) is 77.6 Å². The van der Waals surface area contributed by atoms with Crippen LogP contribution in [0, 0.1) is 6.92 Å². The number of amides is 1. The maximum absolute atomic E-state index is 13.8. The van der Waals surface area contributed by atoms with Gasteiger partial charge in [-0.1, -0.05) is 32.0 Å². The minimum absolute atomic E-state index is 0.0840. The Morgan fingerprint density at radius 1 is 0.975 bits per heavy atom. The first-order chi connectivity index (χ1) is 19.2. The number of rotatable bonds is 7. The Morgan fingerprint density at radius 3 is 2.38 bits per heavy atom. The fourth-order valence-corrected chi connectivity index (χ4v) is 4.64. The molecule has 5 rings (SSSR count). The van der Waals surface area contributed by atoms with Gasteiger partial charge in [-0.2, -0.15) is 13.2 Å². The number of carbonyl (C=O) groups excluding carboxylic acids is 1. The number of carbonyl (C=O) groups is 1. The van der Waals surface area contributed by atoms with Gasteiger partial charge in [-0.25, -0.2) is 4.98 Å². The maximum Gasteiger partial charge on any atom is 0.416 e. The normalized spacial score (nSPS) is 13.9. The maximum atomic E-state index is 13.8. The van der Waals surface area contributed by atoms with Gasteiger partial charge in [-0.15, -0.1) is 0 Å². The number of alkyl halides is 3. The molecule has 0 radical (unpaired) electrons. The molecule has 1 aliphatic rings. The molecule has 0 spiro atoms. The zero-order valence-electron chi connectivity index (χ0n) is 23.0. The van der Waals surface area contributed by atoms with Crippen LogP contribution < -0.4 is 16.0 Å². The summed E-state index contributed by atoms with van der Waals surface area (Å²) < 4.78 is 41.3. The summed E-state index contributed by atoms with van der Waals surface area (Å²) in [5.74, 6) is -0.436. The minimum atomic E-state index is -4.51. The standard InChI is InChI=1S/C28H29F3N6O.C2H6/c1-18-12-21-13-22(15-34-27(21)35-18)19-2-5-23(6-3-19)33-16-26(38)36-24-7-4-20(25(14-24)28(29,30)31)17-37-10-8-32-9-11-37;1-2/h2-7,12-15,32-33H,8-11,16-17H2,1H3,(H,34,35)(H,36,38);1-2H3. The lowest BCUT2D eigenvalue weighted by molar-refractivity contribution is -0.138. The predicted octanol–water partition coefficient (Wildman–Crippen LogP) is 6.04. The Labute approximate surface area is 232 Å². The smallest absolute Gasteiger partial charge is 0.376 e. The second kappa shape index (κ2) is 13.0. The third kappa shape index (κ3) is 7.40. The summed E-state index contributed by atoms with van der Waals surface area (Å²) in [6.07, 6.45) is -2.71. The summed E-state index contributed by atoms with van der Waals surface area (Å²) >= 11 is 0. The van der Waals surface area contributed by atoms with Crippen LogP contribution in [0.3, 0.4) is 0 Å². The molecule has 2 aromatic carbocycles. The number of pyridine rings is 1. The highest BCUT2D eigenvalue weighted by molar-refractivity contribution is 5.94. The van der Waals surface area contributed by atoms with E-state index < -0.39 is 17.6 Å². The number of nitrogens with one attached hydrogen (secondary N) is 4. The number of hydrogen-bond acceptors (Lipinski definition) is 5. The molecule has 10 heteroatoms. The largest absolute Gasteiger partial charge is 0.416 e. The average Bonchev–Trinajstić information content (AvgIpc) is 3.33. The molecule has 0 unspecified atom stereocenters. The molecule has 0 atom stereocenters. The van der Waals surface area contributed by atoms with Gasteiger partial charge in [0, 0.05) is 66.9 Å². The fourth-order valence-electron chi connectivity index (χ4n) is 4.64. The summed E-state index contributed by atoms with van der Waals surface area (Å²) in [6.45, 7) is 9.02. The first kappa shape index (κ1) is 29.1. The van der Waals surface area contributed by atoms with Gasteiger partial charge in [-0.05, 0) is 54.4 Å². The zero-order valence-corrected chi connectivity index (χ0v) is 23.0. The molecule has 1 saturated heterocycles. The molecule has 0 aliphatic carbocycles. The number of hydrogen-bond donors (Lipinski definition) is 4. The first-order valence-corrected chi connectivity index (χ1v) is 13.5. The van der Waals surface area contributed by atoms with Crippen LogP contribution in [0.15, 0.2) is 60.8 Å². The molecule has 1 amide bonds. The number of benzene rings is 2. The van der Waals surface area contributed by atoms with Gasteiger partial charge in [0.15, 0.2) is 0 Å². The van der Waals surface area contributed by atoms with E-state index in [1.165, 1.54) is 12.1 Å². The van der Waals surface area contributed by atoms with E-state index in [0.29, 0.717) is 13.1 Å². The first-order valence-electron chi connectivity index (χ1n) is 13.5. The molecule has 1 aliphatic heterocycles. The minimum Gasteiger partial charge on any atom is -0.376 e. The lowest BCUT2D eigenvalue weighted by Gasteiger charge is -2.28. The van der Waals surface area contributed by atoms with Crippen LogP contribution >= 0.6 is 0 Å². The van der Waals surface area contributed by atoms with Crippen LogP contribution in [0.25, 0.3) is 22.2 Å². The van der Waals surface area contributed by atoms with E-state index in [4.69, 9.17) is 0 Å². The Kier molecular flexibility index (Phi) is 9.44. The number of aromatic amines is 1. The molecular weight excluding hydrogens is 517 g/mol.